The predicted molar refractivity (Wildman–Crippen MR) is 67.1 cm³/mol. The van der Waals surface area contributed by atoms with Gasteiger partial charge in [0.05, 0.1) is 0 Å². The van der Waals surface area contributed by atoms with E-state index in [1.165, 1.54) is 29.7 Å². The monoisotopic (exact) mass is 222 g/mol. The molecular formula is C12H18N2S. The third kappa shape index (κ3) is 2.47. The van der Waals surface area contributed by atoms with Gasteiger partial charge in [-0.05, 0) is 37.5 Å². The third-order valence-corrected chi connectivity index (χ3v) is 4.58. The lowest BCUT2D eigenvalue weighted by Crippen LogP contribution is -2.26. The van der Waals surface area contributed by atoms with Crippen molar-refractivity contribution in [1.29, 1.82) is 0 Å². The molecule has 1 aromatic carbocycles. The van der Waals surface area contributed by atoms with Crippen LogP contribution in [0.5, 0.6) is 0 Å². The second-order valence-electron chi connectivity index (χ2n) is 4.28. The van der Waals surface area contributed by atoms with E-state index in [4.69, 9.17) is 11.5 Å². The van der Waals surface area contributed by atoms with Crippen LogP contribution in [0.3, 0.4) is 0 Å². The zero-order valence-electron chi connectivity index (χ0n) is 9.07. The van der Waals surface area contributed by atoms with Gasteiger partial charge in [-0.3, -0.25) is 0 Å². The molecule has 1 saturated carbocycles. The highest BCUT2D eigenvalue weighted by molar-refractivity contribution is 8.00. The summed E-state index contributed by atoms with van der Waals surface area (Å²) in [6.07, 6.45) is 3.67. The molecule has 3 heteroatoms. The minimum atomic E-state index is 0.357. The predicted octanol–water partition coefficient (Wildman–Crippen LogP) is 2.55. The van der Waals surface area contributed by atoms with Crippen LogP contribution in [-0.4, -0.2) is 11.3 Å². The number of hydrogen-bond acceptors (Lipinski definition) is 3. The molecule has 4 N–H and O–H groups in total. The highest BCUT2D eigenvalue weighted by atomic mass is 32.2. The molecule has 0 spiro atoms. The molecule has 1 fully saturated rings. The Morgan fingerprint density at radius 3 is 2.80 bits per heavy atom. The average molecular weight is 222 g/mol. The molecule has 2 nitrogen and oxygen atoms in total. The van der Waals surface area contributed by atoms with Crippen molar-refractivity contribution in [2.75, 3.05) is 5.73 Å². The number of nitrogens with two attached hydrogens (primary N) is 2. The molecule has 0 aliphatic heterocycles. The van der Waals surface area contributed by atoms with E-state index in [1.807, 2.05) is 17.8 Å². The fourth-order valence-corrected chi connectivity index (χ4v) is 3.39. The molecule has 1 aliphatic carbocycles. The lowest BCUT2D eigenvalue weighted by atomic mass is 10.2. The maximum absolute atomic E-state index is 6.06. The van der Waals surface area contributed by atoms with E-state index in [-0.39, 0.29) is 0 Å². The van der Waals surface area contributed by atoms with E-state index in [1.54, 1.807) is 0 Å². The SMILES string of the molecule is Cc1ccc(N)cc1SC1CCCC1N. The molecule has 2 unspecified atom stereocenters. The van der Waals surface area contributed by atoms with Gasteiger partial charge in [-0.15, -0.1) is 11.8 Å². The lowest BCUT2D eigenvalue weighted by Gasteiger charge is -2.16. The zero-order valence-corrected chi connectivity index (χ0v) is 9.89. The molecule has 2 atom stereocenters. The normalized spacial score (nSPS) is 25.7. The van der Waals surface area contributed by atoms with Gasteiger partial charge in [-0.2, -0.15) is 0 Å². The van der Waals surface area contributed by atoms with Crippen molar-refractivity contribution < 1.29 is 0 Å². The second kappa shape index (κ2) is 4.45. The minimum Gasteiger partial charge on any atom is -0.399 e. The Kier molecular flexibility index (Phi) is 3.22. The molecule has 0 bridgehead atoms. The Morgan fingerprint density at radius 1 is 1.33 bits per heavy atom. The number of rotatable bonds is 2. The first kappa shape index (κ1) is 10.8. The molecule has 1 aromatic rings. The van der Waals surface area contributed by atoms with Crippen molar-refractivity contribution in [1.82, 2.24) is 0 Å². The summed E-state index contributed by atoms with van der Waals surface area (Å²) in [5.74, 6) is 0. The average Bonchev–Trinajstić information content (AvgIpc) is 2.58. The lowest BCUT2D eigenvalue weighted by molar-refractivity contribution is 0.716. The molecule has 82 valence electrons. The summed E-state index contributed by atoms with van der Waals surface area (Å²) in [5.41, 5.74) is 14.0. The van der Waals surface area contributed by atoms with Crippen molar-refractivity contribution in [2.24, 2.45) is 5.73 Å². The Morgan fingerprint density at radius 2 is 2.13 bits per heavy atom. The summed E-state index contributed by atoms with van der Waals surface area (Å²) in [6.45, 7) is 2.13. The van der Waals surface area contributed by atoms with Crippen LogP contribution in [0.4, 0.5) is 5.69 Å². The van der Waals surface area contributed by atoms with E-state index in [0.29, 0.717) is 11.3 Å². The Hall–Kier alpha value is -0.670. The number of benzene rings is 1. The van der Waals surface area contributed by atoms with Crippen molar-refractivity contribution in [3.8, 4) is 0 Å². The quantitative estimate of drug-likeness (QED) is 0.756. The third-order valence-electron chi connectivity index (χ3n) is 2.99. The smallest absolute Gasteiger partial charge is 0.0325 e. The molecular weight excluding hydrogens is 204 g/mol. The molecule has 0 heterocycles. The van der Waals surface area contributed by atoms with Gasteiger partial charge in [-0.1, -0.05) is 12.5 Å². The molecule has 2 rings (SSSR count). The van der Waals surface area contributed by atoms with Crippen molar-refractivity contribution >= 4 is 17.4 Å². The van der Waals surface area contributed by atoms with Gasteiger partial charge in [0.25, 0.3) is 0 Å². The summed E-state index contributed by atoms with van der Waals surface area (Å²) < 4.78 is 0. The number of nitrogen functional groups attached to an aromatic ring is 1. The first-order valence-electron chi connectivity index (χ1n) is 5.45. The van der Waals surface area contributed by atoms with E-state index in [2.05, 4.69) is 19.1 Å². The molecule has 0 saturated heterocycles. The minimum absolute atomic E-state index is 0.357. The zero-order chi connectivity index (χ0) is 10.8. The van der Waals surface area contributed by atoms with Crippen LogP contribution in [-0.2, 0) is 0 Å². The maximum atomic E-state index is 6.06. The van der Waals surface area contributed by atoms with Crippen LogP contribution in [0.1, 0.15) is 24.8 Å². The second-order valence-corrected chi connectivity index (χ2v) is 5.56. The molecule has 0 radical (unpaired) electrons. The molecule has 0 amide bonds. The van der Waals surface area contributed by atoms with Crippen molar-refractivity contribution in [3.05, 3.63) is 23.8 Å². The highest BCUT2D eigenvalue weighted by Gasteiger charge is 2.25. The van der Waals surface area contributed by atoms with Gasteiger partial charge in [0.1, 0.15) is 0 Å². The van der Waals surface area contributed by atoms with Gasteiger partial charge in [-0.25, -0.2) is 0 Å². The number of aryl methyl sites for hydroxylation is 1. The summed E-state index contributed by atoms with van der Waals surface area (Å²) >= 11 is 1.90. The number of hydrogen-bond donors (Lipinski definition) is 2. The molecule has 0 aromatic heterocycles. The van der Waals surface area contributed by atoms with E-state index < -0.39 is 0 Å². The first-order valence-corrected chi connectivity index (χ1v) is 6.33. The fourth-order valence-electron chi connectivity index (χ4n) is 2.01. The summed E-state index contributed by atoms with van der Waals surface area (Å²) in [5, 5.41) is 0.575. The van der Waals surface area contributed by atoms with Crippen LogP contribution in [0.15, 0.2) is 23.1 Å². The largest absolute Gasteiger partial charge is 0.399 e. The summed E-state index contributed by atoms with van der Waals surface area (Å²) in [7, 11) is 0. The number of anilines is 1. The fraction of sp³-hybridized carbons (Fsp3) is 0.500. The first-order chi connectivity index (χ1) is 7.16. The molecule has 15 heavy (non-hydrogen) atoms. The van der Waals surface area contributed by atoms with Crippen molar-refractivity contribution in [2.45, 2.75) is 42.4 Å². The van der Waals surface area contributed by atoms with Crippen LogP contribution >= 0.6 is 11.8 Å². The van der Waals surface area contributed by atoms with Crippen molar-refractivity contribution in [3.63, 3.8) is 0 Å². The van der Waals surface area contributed by atoms with E-state index in [0.717, 1.165) is 5.69 Å². The highest BCUT2D eigenvalue weighted by Crippen LogP contribution is 2.36. The van der Waals surface area contributed by atoms with Gasteiger partial charge < -0.3 is 11.5 Å². The van der Waals surface area contributed by atoms with E-state index in [9.17, 15) is 0 Å². The van der Waals surface area contributed by atoms with E-state index >= 15 is 0 Å². The van der Waals surface area contributed by atoms with Crippen LogP contribution in [0.25, 0.3) is 0 Å². The van der Waals surface area contributed by atoms with Crippen LogP contribution in [0, 0.1) is 6.92 Å². The van der Waals surface area contributed by atoms with Crippen LogP contribution < -0.4 is 11.5 Å². The number of thioether (sulfide) groups is 1. The Bertz CT molecular complexity index is 351. The Labute approximate surface area is 95.4 Å². The van der Waals surface area contributed by atoms with Gasteiger partial charge in [0.2, 0.25) is 0 Å². The van der Waals surface area contributed by atoms with Gasteiger partial charge in [0.15, 0.2) is 0 Å². The topological polar surface area (TPSA) is 52.0 Å². The summed E-state index contributed by atoms with van der Waals surface area (Å²) in [4.78, 5) is 1.29. The standard InChI is InChI=1S/C12H18N2S/c1-8-5-6-9(13)7-12(8)15-11-4-2-3-10(11)14/h5-7,10-11H,2-4,13-14H2,1H3. The van der Waals surface area contributed by atoms with Gasteiger partial charge >= 0.3 is 0 Å². The Balaban J connectivity index is 2.12. The maximum Gasteiger partial charge on any atom is 0.0325 e. The molecule has 1 aliphatic rings. The van der Waals surface area contributed by atoms with Gasteiger partial charge in [0, 0.05) is 21.9 Å². The van der Waals surface area contributed by atoms with Crippen LogP contribution in [0.2, 0.25) is 0 Å². The summed E-state index contributed by atoms with van der Waals surface area (Å²) in [6, 6.07) is 6.45.